The van der Waals surface area contributed by atoms with Crippen LogP contribution in [0.2, 0.25) is 0 Å². The maximum absolute atomic E-state index is 12.8. The molecule has 4 rings (SSSR count). The summed E-state index contributed by atoms with van der Waals surface area (Å²) < 4.78 is 10.7. The molecule has 2 aliphatic heterocycles. The number of fused-ring (bicyclic) bond motifs is 1. The van der Waals surface area contributed by atoms with Gasteiger partial charge in [0.25, 0.3) is 5.91 Å². The van der Waals surface area contributed by atoms with Crippen LogP contribution in [0.3, 0.4) is 0 Å². The molecule has 0 aliphatic carbocycles. The first kappa shape index (κ1) is 14.9. The van der Waals surface area contributed by atoms with E-state index < -0.39 is 0 Å². The molecule has 6 heteroatoms. The van der Waals surface area contributed by atoms with Crippen molar-refractivity contribution in [2.45, 2.75) is 25.7 Å². The van der Waals surface area contributed by atoms with Crippen LogP contribution in [0.4, 0.5) is 0 Å². The van der Waals surface area contributed by atoms with E-state index in [1.807, 2.05) is 18.0 Å². The summed E-state index contributed by atoms with van der Waals surface area (Å²) in [6.45, 7) is 3.59. The molecular weight excluding hydrogens is 306 g/mol. The predicted octanol–water partition coefficient (Wildman–Crippen LogP) is 2.53. The number of carbonyl (C=O) groups is 1. The number of amides is 1. The zero-order valence-corrected chi connectivity index (χ0v) is 13.6. The summed E-state index contributed by atoms with van der Waals surface area (Å²) in [6, 6.07) is 5.36. The van der Waals surface area contributed by atoms with Crippen LogP contribution in [0, 0.1) is 6.92 Å². The zero-order valence-electron chi connectivity index (χ0n) is 13.6. The molecule has 2 aliphatic rings. The van der Waals surface area contributed by atoms with E-state index in [4.69, 9.17) is 9.47 Å². The Hall–Kier alpha value is -2.63. The second kappa shape index (κ2) is 6.11. The van der Waals surface area contributed by atoms with E-state index in [0.29, 0.717) is 23.6 Å². The van der Waals surface area contributed by atoms with Crippen LogP contribution in [0.1, 0.15) is 40.5 Å². The molecule has 1 amide bonds. The van der Waals surface area contributed by atoms with E-state index in [2.05, 4.69) is 9.97 Å². The fraction of sp³-hybridized carbons (Fsp3) is 0.389. The lowest BCUT2D eigenvalue weighted by Gasteiger charge is -2.32. The van der Waals surface area contributed by atoms with Gasteiger partial charge in [-0.05, 0) is 38.0 Å². The summed E-state index contributed by atoms with van der Waals surface area (Å²) in [4.78, 5) is 23.5. The van der Waals surface area contributed by atoms with Crippen molar-refractivity contribution < 1.29 is 14.3 Å². The quantitative estimate of drug-likeness (QED) is 0.849. The highest BCUT2D eigenvalue weighted by Gasteiger charge is 2.27. The lowest BCUT2D eigenvalue weighted by molar-refractivity contribution is 0.0705. The van der Waals surface area contributed by atoms with Crippen molar-refractivity contribution in [1.82, 2.24) is 14.9 Å². The van der Waals surface area contributed by atoms with Gasteiger partial charge >= 0.3 is 0 Å². The Bertz CT molecular complexity index is 778. The number of rotatable bonds is 2. The van der Waals surface area contributed by atoms with Gasteiger partial charge in [-0.1, -0.05) is 0 Å². The lowest BCUT2D eigenvalue weighted by atomic mass is 9.94. The van der Waals surface area contributed by atoms with Crippen LogP contribution < -0.4 is 9.47 Å². The zero-order chi connectivity index (χ0) is 16.5. The van der Waals surface area contributed by atoms with Crippen molar-refractivity contribution in [3.8, 4) is 11.5 Å². The van der Waals surface area contributed by atoms with Crippen molar-refractivity contribution >= 4 is 5.91 Å². The highest BCUT2D eigenvalue weighted by molar-refractivity contribution is 5.95. The van der Waals surface area contributed by atoms with E-state index in [1.165, 1.54) is 0 Å². The first-order chi connectivity index (χ1) is 11.7. The molecule has 1 atom stereocenters. The van der Waals surface area contributed by atoms with Gasteiger partial charge in [0.1, 0.15) is 0 Å². The Morgan fingerprint density at radius 1 is 1.25 bits per heavy atom. The van der Waals surface area contributed by atoms with Crippen LogP contribution in [0.25, 0.3) is 0 Å². The number of carbonyl (C=O) groups excluding carboxylic acids is 1. The maximum atomic E-state index is 12.8. The summed E-state index contributed by atoms with van der Waals surface area (Å²) in [5, 5.41) is 0. The number of hydrogen-bond acceptors (Lipinski definition) is 5. The molecule has 0 unspecified atom stereocenters. The van der Waals surface area contributed by atoms with Crippen LogP contribution in [-0.4, -0.2) is 40.7 Å². The number of ether oxygens (including phenoxy) is 2. The average molecular weight is 325 g/mol. The predicted molar refractivity (Wildman–Crippen MR) is 87.2 cm³/mol. The summed E-state index contributed by atoms with van der Waals surface area (Å²) in [7, 11) is 0. The van der Waals surface area contributed by atoms with Gasteiger partial charge in [0, 0.05) is 37.0 Å². The van der Waals surface area contributed by atoms with Crippen LogP contribution in [-0.2, 0) is 0 Å². The topological polar surface area (TPSA) is 64.6 Å². The first-order valence-corrected chi connectivity index (χ1v) is 8.18. The second-order valence-electron chi connectivity index (χ2n) is 6.24. The van der Waals surface area contributed by atoms with Crippen molar-refractivity contribution in [3.63, 3.8) is 0 Å². The number of aromatic nitrogens is 2. The molecule has 0 saturated carbocycles. The molecule has 1 aromatic heterocycles. The normalized spacial score (nSPS) is 19.4. The van der Waals surface area contributed by atoms with Crippen molar-refractivity contribution in [1.29, 1.82) is 0 Å². The van der Waals surface area contributed by atoms with Crippen LogP contribution >= 0.6 is 0 Å². The van der Waals surface area contributed by atoms with Crippen molar-refractivity contribution in [2.75, 3.05) is 19.9 Å². The van der Waals surface area contributed by atoms with Gasteiger partial charge in [0.15, 0.2) is 11.5 Å². The lowest BCUT2D eigenvalue weighted by Crippen LogP contribution is -2.39. The first-order valence-electron chi connectivity index (χ1n) is 8.18. The molecule has 0 spiro atoms. The van der Waals surface area contributed by atoms with Crippen LogP contribution in [0.15, 0.2) is 30.6 Å². The number of piperidine rings is 1. The van der Waals surface area contributed by atoms with Crippen molar-refractivity contribution in [3.05, 3.63) is 47.5 Å². The highest BCUT2D eigenvalue weighted by Crippen LogP contribution is 2.33. The Balaban J connectivity index is 1.52. The summed E-state index contributed by atoms with van der Waals surface area (Å²) in [5.41, 5.74) is 2.51. The molecule has 0 N–H and O–H groups in total. The van der Waals surface area contributed by atoms with E-state index in [9.17, 15) is 4.79 Å². The van der Waals surface area contributed by atoms with Crippen molar-refractivity contribution in [2.24, 2.45) is 0 Å². The third kappa shape index (κ3) is 2.79. The van der Waals surface area contributed by atoms with E-state index in [-0.39, 0.29) is 18.6 Å². The Labute approximate surface area is 140 Å². The van der Waals surface area contributed by atoms with Gasteiger partial charge in [0.2, 0.25) is 6.79 Å². The standard InChI is InChI=1S/C18H19N3O3/c1-12-8-19-9-15(20-12)14-3-2-6-21(10-14)18(22)13-4-5-16-17(7-13)24-11-23-16/h4-5,7-9,14H,2-3,6,10-11H2,1H3/t14-/m0/s1. The Kier molecular flexibility index (Phi) is 3.80. The SMILES string of the molecule is Cc1cncc([C@H]2CCCN(C(=O)c3ccc4c(c3)OCO4)C2)n1. The number of benzene rings is 1. The molecule has 124 valence electrons. The van der Waals surface area contributed by atoms with E-state index >= 15 is 0 Å². The maximum Gasteiger partial charge on any atom is 0.254 e. The highest BCUT2D eigenvalue weighted by atomic mass is 16.7. The molecule has 0 radical (unpaired) electrons. The molecule has 1 saturated heterocycles. The van der Waals surface area contributed by atoms with Gasteiger partial charge in [-0.15, -0.1) is 0 Å². The summed E-state index contributed by atoms with van der Waals surface area (Å²) in [5.74, 6) is 1.60. The number of aryl methyl sites for hydroxylation is 1. The molecule has 6 nitrogen and oxygen atoms in total. The summed E-state index contributed by atoms with van der Waals surface area (Å²) in [6.07, 6.45) is 5.56. The molecule has 3 heterocycles. The number of likely N-dealkylation sites (tertiary alicyclic amines) is 1. The van der Waals surface area contributed by atoms with Gasteiger partial charge in [-0.25, -0.2) is 0 Å². The Morgan fingerprint density at radius 3 is 3.00 bits per heavy atom. The molecular formula is C18H19N3O3. The van der Waals surface area contributed by atoms with Gasteiger partial charge in [-0.2, -0.15) is 0 Å². The van der Waals surface area contributed by atoms with Crippen LogP contribution in [0.5, 0.6) is 11.5 Å². The third-order valence-corrected chi connectivity index (χ3v) is 4.52. The minimum absolute atomic E-state index is 0.0265. The fourth-order valence-electron chi connectivity index (χ4n) is 3.29. The molecule has 1 aromatic carbocycles. The Morgan fingerprint density at radius 2 is 2.12 bits per heavy atom. The smallest absolute Gasteiger partial charge is 0.254 e. The van der Waals surface area contributed by atoms with E-state index in [0.717, 1.165) is 30.8 Å². The molecule has 0 bridgehead atoms. The second-order valence-corrected chi connectivity index (χ2v) is 6.24. The largest absolute Gasteiger partial charge is 0.454 e. The average Bonchev–Trinajstić information content (AvgIpc) is 3.09. The third-order valence-electron chi connectivity index (χ3n) is 4.52. The monoisotopic (exact) mass is 325 g/mol. The fourth-order valence-corrected chi connectivity index (χ4v) is 3.29. The minimum atomic E-state index is 0.0265. The minimum Gasteiger partial charge on any atom is -0.454 e. The van der Waals surface area contributed by atoms with E-state index in [1.54, 1.807) is 24.4 Å². The molecule has 24 heavy (non-hydrogen) atoms. The number of hydrogen-bond donors (Lipinski definition) is 0. The van der Waals surface area contributed by atoms with Gasteiger partial charge in [0.05, 0.1) is 11.4 Å². The van der Waals surface area contributed by atoms with Gasteiger partial charge < -0.3 is 14.4 Å². The number of nitrogens with zero attached hydrogens (tertiary/aromatic N) is 3. The molecule has 1 fully saturated rings. The summed E-state index contributed by atoms with van der Waals surface area (Å²) >= 11 is 0. The molecule has 2 aromatic rings. The van der Waals surface area contributed by atoms with Gasteiger partial charge in [-0.3, -0.25) is 14.8 Å².